The van der Waals surface area contributed by atoms with Crippen molar-refractivity contribution in [3.8, 4) is 0 Å². The molecule has 0 aliphatic carbocycles. The summed E-state index contributed by atoms with van der Waals surface area (Å²) in [5.74, 6) is 0.760. The van der Waals surface area contributed by atoms with Gasteiger partial charge in [-0.1, -0.05) is 18.6 Å². The maximum atomic E-state index is 12.9. The first kappa shape index (κ1) is 21.7. The highest BCUT2D eigenvalue weighted by Gasteiger charge is 2.38. The van der Waals surface area contributed by atoms with Crippen LogP contribution in [-0.2, 0) is 6.54 Å². The standard InChI is InChI=1S/C24H33N5O2/c1-19-14-22(26-18-25-19)29-13-10-24(31,17-29)16-27(2)23(30)21-8-6-20(7-9-21)15-28-11-4-3-5-12-28/h6-9,14,18,31H,3-5,10-13,15-17H2,1-2H3. The normalized spacial score (nSPS) is 22.0. The number of hydrogen-bond donors (Lipinski definition) is 1. The number of piperidine rings is 1. The van der Waals surface area contributed by atoms with Gasteiger partial charge in [0.25, 0.3) is 5.91 Å². The average molecular weight is 424 g/mol. The largest absolute Gasteiger partial charge is 0.386 e. The third-order valence-electron chi connectivity index (χ3n) is 6.38. The van der Waals surface area contributed by atoms with E-state index < -0.39 is 5.60 Å². The van der Waals surface area contributed by atoms with E-state index in [1.54, 1.807) is 18.3 Å². The van der Waals surface area contributed by atoms with Crippen molar-refractivity contribution in [3.63, 3.8) is 0 Å². The number of rotatable bonds is 6. The Hall–Kier alpha value is -2.51. The van der Waals surface area contributed by atoms with Crippen molar-refractivity contribution in [2.75, 3.05) is 44.7 Å². The van der Waals surface area contributed by atoms with Gasteiger partial charge in [-0.15, -0.1) is 0 Å². The van der Waals surface area contributed by atoms with E-state index >= 15 is 0 Å². The first-order chi connectivity index (χ1) is 14.9. The van der Waals surface area contributed by atoms with Gasteiger partial charge in [0, 0.05) is 44.0 Å². The quantitative estimate of drug-likeness (QED) is 0.770. The molecule has 2 aliphatic rings. The number of carbonyl (C=O) groups excluding carboxylic acids is 1. The zero-order chi connectivity index (χ0) is 21.8. The van der Waals surface area contributed by atoms with Crippen LogP contribution in [0.15, 0.2) is 36.7 Å². The molecule has 2 saturated heterocycles. The molecule has 2 fully saturated rings. The maximum Gasteiger partial charge on any atom is 0.253 e. The van der Waals surface area contributed by atoms with E-state index in [0.29, 0.717) is 31.6 Å². The molecule has 1 aromatic heterocycles. The van der Waals surface area contributed by atoms with Crippen LogP contribution in [0.25, 0.3) is 0 Å². The highest BCUT2D eigenvalue weighted by molar-refractivity contribution is 5.94. The van der Waals surface area contributed by atoms with Crippen LogP contribution in [0.4, 0.5) is 5.82 Å². The molecule has 1 unspecified atom stereocenters. The van der Waals surface area contributed by atoms with Crippen molar-refractivity contribution in [3.05, 3.63) is 53.5 Å². The lowest BCUT2D eigenvalue weighted by atomic mass is 10.0. The second-order valence-electron chi connectivity index (χ2n) is 9.11. The van der Waals surface area contributed by atoms with Crippen molar-refractivity contribution in [2.24, 2.45) is 0 Å². The van der Waals surface area contributed by atoms with Gasteiger partial charge in [-0.05, 0) is 57.0 Å². The molecule has 7 nitrogen and oxygen atoms in total. The van der Waals surface area contributed by atoms with Crippen LogP contribution >= 0.6 is 0 Å². The molecule has 31 heavy (non-hydrogen) atoms. The lowest BCUT2D eigenvalue weighted by molar-refractivity contribution is 0.0264. The summed E-state index contributed by atoms with van der Waals surface area (Å²) in [6, 6.07) is 9.85. The second kappa shape index (κ2) is 9.32. The number of likely N-dealkylation sites (N-methyl/N-ethyl adjacent to an activating group) is 1. The van der Waals surface area contributed by atoms with E-state index in [9.17, 15) is 9.90 Å². The van der Waals surface area contributed by atoms with Crippen molar-refractivity contribution in [2.45, 2.75) is 44.8 Å². The number of aryl methyl sites for hydroxylation is 1. The van der Waals surface area contributed by atoms with Gasteiger partial charge in [-0.3, -0.25) is 9.69 Å². The van der Waals surface area contributed by atoms with Gasteiger partial charge >= 0.3 is 0 Å². The third-order valence-corrected chi connectivity index (χ3v) is 6.38. The fraction of sp³-hybridized carbons (Fsp3) is 0.542. The van der Waals surface area contributed by atoms with Crippen LogP contribution in [-0.4, -0.2) is 76.2 Å². The molecule has 1 atom stereocenters. The molecule has 4 rings (SSSR count). The van der Waals surface area contributed by atoms with Crippen LogP contribution in [0, 0.1) is 6.92 Å². The summed E-state index contributed by atoms with van der Waals surface area (Å²) in [7, 11) is 1.76. The van der Waals surface area contributed by atoms with Gasteiger partial charge in [0.1, 0.15) is 17.7 Å². The highest BCUT2D eigenvalue weighted by atomic mass is 16.3. The Bertz CT molecular complexity index is 897. The van der Waals surface area contributed by atoms with Crippen LogP contribution in [0.3, 0.4) is 0 Å². The van der Waals surface area contributed by atoms with Crippen LogP contribution in [0.2, 0.25) is 0 Å². The monoisotopic (exact) mass is 423 g/mol. The Labute approximate surface area is 184 Å². The second-order valence-corrected chi connectivity index (χ2v) is 9.11. The molecule has 166 valence electrons. The number of hydrogen-bond acceptors (Lipinski definition) is 6. The van der Waals surface area contributed by atoms with Crippen molar-refractivity contribution >= 4 is 11.7 Å². The number of benzene rings is 1. The van der Waals surface area contributed by atoms with E-state index in [1.807, 2.05) is 25.1 Å². The first-order valence-electron chi connectivity index (χ1n) is 11.2. The number of aliphatic hydroxyl groups is 1. The van der Waals surface area contributed by atoms with Gasteiger partial charge in [0.05, 0.1) is 6.54 Å². The average Bonchev–Trinajstić information content (AvgIpc) is 3.16. The summed E-state index contributed by atoms with van der Waals surface area (Å²) < 4.78 is 0. The number of likely N-dealkylation sites (tertiary alicyclic amines) is 1. The molecule has 2 aliphatic heterocycles. The zero-order valence-corrected chi connectivity index (χ0v) is 18.6. The topological polar surface area (TPSA) is 72.8 Å². The number of amides is 1. The predicted octanol–water partition coefficient (Wildman–Crippen LogP) is 2.48. The number of carbonyl (C=O) groups is 1. The fourth-order valence-electron chi connectivity index (χ4n) is 4.66. The minimum Gasteiger partial charge on any atom is -0.386 e. The summed E-state index contributed by atoms with van der Waals surface area (Å²) >= 11 is 0. The van der Waals surface area contributed by atoms with Gasteiger partial charge in [-0.25, -0.2) is 9.97 Å². The molecule has 2 aromatic rings. The minimum absolute atomic E-state index is 0.0609. The van der Waals surface area contributed by atoms with Gasteiger partial charge in [-0.2, -0.15) is 0 Å². The van der Waals surface area contributed by atoms with E-state index in [4.69, 9.17) is 0 Å². The summed E-state index contributed by atoms with van der Waals surface area (Å²) in [6.07, 6.45) is 6.03. The molecule has 0 saturated carbocycles. The summed E-state index contributed by atoms with van der Waals surface area (Å²) in [4.78, 5) is 27.6. The molecule has 0 radical (unpaired) electrons. The predicted molar refractivity (Wildman–Crippen MR) is 121 cm³/mol. The zero-order valence-electron chi connectivity index (χ0n) is 18.6. The molecular formula is C24H33N5O2. The molecule has 3 heterocycles. The minimum atomic E-state index is -0.947. The van der Waals surface area contributed by atoms with Gasteiger partial charge < -0.3 is 14.9 Å². The van der Waals surface area contributed by atoms with Crippen molar-refractivity contribution in [1.82, 2.24) is 19.8 Å². The van der Waals surface area contributed by atoms with E-state index in [2.05, 4.69) is 31.9 Å². The summed E-state index contributed by atoms with van der Waals surface area (Å²) in [5.41, 5.74) is 1.86. The van der Waals surface area contributed by atoms with Crippen molar-refractivity contribution in [1.29, 1.82) is 0 Å². The maximum absolute atomic E-state index is 12.9. The molecule has 1 amide bonds. The summed E-state index contributed by atoms with van der Waals surface area (Å²) in [6.45, 7) is 6.65. The molecule has 1 N–H and O–H groups in total. The lowest BCUT2D eigenvalue weighted by Gasteiger charge is -2.29. The van der Waals surface area contributed by atoms with E-state index in [-0.39, 0.29) is 5.91 Å². The lowest BCUT2D eigenvalue weighted by Crippen LogP contribution is -2.46. The Morgan fingerprint density at radius 3 is 2.58 bits per heavy atom. The fourth-order valence-corrected chi connectivity index (χ4v) is 4.66. The van der Waals surface area contributed by atoms with E-state index in [1.165, 1.54) is 24.8 Å². The summed E-state index contributed by atoms with van der Waals surface area (Å²) in [5, 5.41) is 11.1. The van der Waals surface area contributed by atoms with Crippen molar-refractivity contribution < 1.29 is 9.90 Å². The smallest absolute Gasteiger partial charge is 0.253 e. The molecule has 7 heteroatoms. The van der Waals surface area contributed by atoms with Crippen LogP contribution < -0.4 is 4.90 Å². The van der Waals surface area contributed by atoms with Gasteiger partial charge in [0.2, 0.25) is 0 Å². The Kier molecular flexibility index (Phi) is 6.53. The molecule has 1 aromatic carbocycles. The number of aromatic nitrogens is 2. The number of anilines is 1. The Morgan fingerprint density at radius 2 is 1.87 bits per heavy atom. The van der Waals surface area contributed by atoms with Crippen LogP contribution in [0.5, 0.6) is 0 Å². The first-order valence-corrected chi connectivity index (χ1v) is 11.2. The Balaban J connectivity index is 1.33. The molecular weight excluding hydrogens is 390 g/mol. The molecule has 0 spiro atoms. The third kappa shape index (κ3) is 5.40. The van der Waals surface area contributed by atoms with Gasteiger partial charge in [0.15, 0.2) is 0 Å². The SMILES string of the molecule is Cc1cc(N2CCC(O)(CN(C)C(=O)c3ccc(CN4CCCCC4)cc3)C2)ncn1. The van der Waals surface area contributed by atoms with Crippen LogP contribution in [0.1, 0.15) is 47.3 Å². The Morgan fingerprint density at radius 1 is 1.13 bits per heavy atom. The number of nitrogens with zero attached hydrogens (tertiary/aromatic N) is 5. The highest BCUT2D eigenvalue weighted by Crippen LogP contribution is 2.26. The van der Waals surface area contributed by atoms with E-state index in [0.717, 1.165) is 31.1 Å². The number of β-amino-alcohol motifs (C(OH)–C–C–N with tert-alkyl or cyclic N) is 1. The molecule has 0 bridgehead atoms.